The van der Waals surface area contributed by atoms with Crippen LogP contribution < -0.4 is 10.2 Å². The fourth-order valence-corrected chi connectivity index (χ4v) is 3.69. The molecule has 4 rings (SSSR count). The highest BCUT2D eigenvalue weighted by Gasteiger charge is 2.41. The van der Waals surface area contributed by atoms with Crippen LogP contribution in [0.2, 0.25) is 0 Å². The van der Waals surface area contributed by atoms with Crippen LogP contribution in [0.4, 0.5) is 10.1 Å². The average Bonchev–Trinajstić information content (AvgIpc) is 2.99. The smallest absolute Gasteiger partial charge is 0.146 e. The van der Waals surface area contributed by atoms with E-state index in [9.17, 15) is 4.39 Å². The summed E-state index contributed by atoms with van der Waals surface area (Å²) in [5.41, 5.74) is 3.11. The van der Waals surface area contributed by atoms with Gasteiger partial charge in [0, 0.05) is 31.7 Å². The minimum atomic E-state index is -0.134. The Hall–Kier alpha value is -1.88. The molecule has 1 aromatic heterocycles. The number of para-hydroxylation sites is 1. The number of anilines is 1. The lowest BCUT2D eigenvalue weighted by Crippen LogP contribution is -2.54. The molecular formula is C16H19FN4. The number of imidazole rings is 1. The van der Waals surface area contributed by atoms with E-state index in [-0.39, 0.29) is 11.4 Å². The second-order valence-corrected chi connectivity index (χ2v) is 5.93. The predicted molar refractivity (Wildman–Crippen MR) is 79.8 cm³/mol. The highest BCUT2D eigenvalue weighted by molar-refractivity contribution is 5.48. The van der Waals surface area contributed by atoms with Crippen LogP contribution in [0, 0.1) is 5.82 Å². The molecule has 0 saturated carbocycles. The first-order valence-electron chi connectivity index (χ1n) is 7.56. The zero-order valence-electron chi connectivity index (χ0n) is 11.9. The fraction of sp³-hybridized carbons (Fsp3) is 0.438. The highest BCUT2D eigenvalue weighted by atomic mass is 19.1. The van der Waals surface area contributed by atoms with Crippen LogP contribution in [0.1, 0.15) is 24.2 Å². The molecule has 2 aliphatic heterocycles. The highest BCUT2D eigenvalue weighted by Crippen LogP contribution is 2.37. The molecule has 110 valence electrons. The number of aromatic nitrogens is 2. The predicted octanol–water partition coefficient (Wildman–Crippen LogP) is 2.19. The summed E-state index contributed by atoms with van der Waals surface area (Å²) in [7, 11) is 0. The maximum atomic E-state index is 13.9. The van der Waals surface area contributed by atoms with E-state index in [1.807, 2.05) is 12.1 Å². The Morgan fingerprint density at radius 2 is 2.00 bits per heavy atom. The van der Waals surface area contributed by atoms with Crippen molar-refractivity contribution in [2.75, 3.05) is 24.5 Å². The summed E-state index contributed by atoms with van der Waals surface area (Å²) in [5, 5.41) is 3.66. The number of H-pyrrole nitrogens is 1. The second-order valence-electron chi connectivity index (χ2n) is 5.93. The lowest BCUT2D eigenvalue weighted by molar-refractivity contribution is 0.243. The molecule has 0 bridgehead atoms. The van der Waals surface area contributed by atoms with Gasteiger partial charge in [0.15, 0.2) is 0 Å². The van der Waals surface area contributed by atoms with Gasteiger partial charge in [-0.25, -0.2) is 9.37 Å². The van der Waals surface area contributed by atoms with Crippen molar-refractivity contribution in [1.29, 1.82) is 0 Å². The standard InChI is InChI=1S/C16H19FN4/c17-12-3-1-2-4-14(12)21-9-6-16(7-10-21)15-13(5-8-20-16)18-11-19-15/h1-4,11,20H,5-10H2,(H,18,19). The van der Waals surface area contributed by atoms with Gasteiger partial charge in [-0.1, -0.05) is 12.1 Å². The number of halogens is 1. The van der Waals surface area contributed by atoms with Gasteiger partial charge < -0.3 is 15.2 Å². The molecule has 1 fully saturated rings. The lowest BCUT2D eigenvalue weighted by atomic mass is 9.80. The largest absolute Gasteiger partial charge is 0.369 e. The van der Waals surface area contributed by atoms with Gasteiger partial charge in [-0.15, -0.1) is 0 Å². The van der Waals surface area contributed by atoms with Gasteiger partial charge in [0.25, 0.3) is 0 Å². The maximum absolute atomic E-state index is 13.9. The first kappa shape index (κ1) is 12.8. The van der Waals surface area contributed by atoms with Crippen molar-refractivity contribution in [1.82, 2.24) is 15.3 Å². The SMILES string of the molecule is Fc1ccccc1N1CCC2(CC1)NCCc1[nH]cnc12. The van der Waals surface area contributed by atoms with E-state index < -0.39 is 0 Å². The third-order valence-electron chi connectivity index (χ3n) is 4.82. The van der Waals surface area contributed by atoms with Gasteiger partial charge in [-0.2, -0.15) is 0 Å². The number of aromatic amines is 1. The van der Waals surface area contributed by atoms with Crippen LogP contribution in [-0.2, 0) is 12.0 Å². The van der Waals surface area contributed by atoms with E-state index in [4.69, 9.17) is 0 Å². The molecule has 5 heteroatoms. The van der Waals surface area contributed by atoms with Crippen LogP contribution in [0.3, 0.4) is 0 Å². The number of nitrogens with one attached hydrogen (secondary N) is 2. The second kappa shape index (κ2) is 4.84. The van der Waals surface area contributed by atoms with Crippen LogP contribution in [-0.4, -0.2) is 29.6 Å². The zero-order valence-corrected chi connectivity index (χ0v) is 11.9. The van der Waals surface area contributed by atoms with E-state index in [0.29, 0.717) is 5.69 Å². The van der Waals surface area contributed by atoms with Crippen molar-refractivity contribution < 1.29 is 4.39 Å². The lowest BCUT2D eigenvalue weighted by Gasteiger charge is -2.44. The third kappa shape index (κ3) is 2.03. The van der Waals surface area contributed by atoms with E-state index >= 15 is 0 Å². The summed E-state index contributed by atoms with van der Waals surface area (Å²) in [6.07, 6.45) is 4.72. The molecular weight excluding hydrogens is 267 g/mol. The molecule has 0 unspecified atom stereocenters. The van der Waals surface area contributed by atoms with Crippen LogP contribution in [0.25, 0.3) is 0 Å². The zero-order chi connectivity index (χ0) is 14.3. The van der Waals surface area contributed by atoms with Crippen LogP contribution in [0.5, 0.6) is 0 Å². The number of benzene rings is 1. The summed E-state index contributed by atoms with van der Waals surface area (Å²) in [4.78, 5) is 9.94. The molecule has 21 heavy (non-hydrogen) atoms. The van der Waals surface area contributed by atoms with Crippen molar-refractivity contribution in [2.24, 2.45) is 0 Å². The summed E-state index contributed by atoms with van der Waals surface area (Å²) < 4.78 is 13.9. The number of hydrogen-bond acceptors (Lipinski definition) is 3. The first-order valence-corrected chi connectivity index (χ1v) is 7.56. The number of nitrogens with zero attached hydrogens (tertiary/aromatic N) is 2. The summed E-state index contributed by atoms with van der Waals surface area (Å²) in [6, 6.07) is 7.03. The molecule has 1 saturated heterocycles. The minimum absolute atomic E-state index is 0.0324. The Balaban J connectivity index is 1.57. The number of fused-ring (bicyclic) bond motifs is 2. The summed E-state index contributed by atoms with van der Waals surface area (Å²) >= 11 is 0. The molecule has 2 aromatic rings. The quantitative estimate of drug-likeness (QED) is 0.844. The van der Waals surface area contributed by atoms with Crippen molar-refractivity contribution in [3.05, 3.63) is 47.8 Å². The fourth-order valence-electron chi connectivity index (χ4n) is 3.69. The Morgan fingerprint density at radius 3 is 2.81 bits per heavy atom. The van der Waals surface area contributed by atoms with E-state index in [1.165, 1.54) is 17.5 Å². The Labute approximate surface area is 123 Å². The summed E-state index contributed by atoms with van der Waals surface area (Å²) in [6.45, 7) is 2.68. The van der Waals surface area contributed by atoms with Crippen molar-refractivity contribution in [2.45, 2.75) is 24.8 Å². The Bertz CT molecular complexity index is 643. The van der Waals surface area contributed by atoms with E-state index in [1.54, 1.807) is 12.4 Å². The monoisotopic (exact) mass is 286 g/mol. The van der Waals surface area contributed by atoms with Crippen LogP contribution in [0.15, 0.2) is 30.6 Å². The van der Waals surface area contributed by atoms with Crippen LogP contribution >= 0.6 is 0 Å². The molecule has 2 aliphatic rings. The third-order valence-corrected chi connectivity index (χ3v) is 4.82. The number of piperidine rings is 1. The Kier molecular flexibility index (Phi) is 2.96. The van der Waals surface area contributed by atoms with Crippen molar-refractivity contribution in [3.63, 3.8) is 0 Å². The van der Waals surface area contributed by atoms with Crippen molar-refractivity contribution in [3.8, 4) is 0 Å². The first-order chi connectivity index (χ1) is 10.3. The molecule has 1 aromatic carbocycles. The summed E-state index contributed by atoms with van der Waals surface area (Å²) in [5.74, 6) is -0.134. The number of hydrogen-bond donors (Lipinski definition) is 2. The van der Waals surface area contributed by atoms with Gasteiger partial charge in [0.2, 0.25) is 0 Å². The minimum Gasteiger partial charge on any atom is -0.369 e. The van der Waals surface area contributed by atoms with Gasteiger partial charge in [0.05, 0.1) is 23.2 Å². The van der Waals surface area contributed by atoms with E-state index in [2.05, 4.69) is 20.2 Å². The van der Waals surface area contributed by atoms with Gasteiger partial charge in [0.1, 0.15) is 5.82 Å². The van der Waals surface area contributed by atoms with Gasteiger partial charge >= 0.3 is 0 Å². The molecule has 4 nitrogen and oxygen atoms in total. The Morgan fingerprint density at radius 1 is 1.19 bits per heavy atom. The van der Waals surface area contributed by atoms with E-state index in [0.717, 1.165) is 38.9 Å². The maximum Gasteiger partial charge on any atom is 0.146 e. The topological polar surface area (TPSA) is 44.0 Å². The molecule has 1 spiro atoms. The molecule has 3 heterocycles. The number of rotatable bonds is 1. The normalized spacial score (nSPS) is 20.5. The molecule has 0 amide bonds. The molecule has 2 N–H and O–H groups in total. The van der Waals surface area contributed by atoms with Crippen molar-refractivity contribution >= 4 is 5.69 Å². The average molecular weight is 286 g/mol. The molecule has 0 atom stereocenters. The molecule has 0 radical (unpaired) electrons. The molecule has 0 aliphatic carbocycles. The van der Waals surface area contributed by atoms with Gasteiger partial charge in [-0.3, -0.25) is 0 Å². The van der Waals surface area contributed by atoms with Gasteiger partial charge in [-0.05, 0) is 25.0 Å².